The number of nitrogens with zero attached hydrogens (tertiary/aromatic N) is 2. The molecule has 112 valence electrons. The van der Waals surface area contributed by atoms with Crippen LogP contribution in [0.5, 0.6) is 0 Å². The van der Waals surface area contributed by atoms with Gasteiger partial charge in [-0.25, -0.2) is 0 Å². The van der Waals surface area contributed by atoms with E-state index in [1.165, 1.54) is 19.3 Å². The molecule has 0 bridgehead atoms. The molecule has 0 spiro atoms. The minimum Gasteiger partial charge on any atom is -0.381 e. The van der Waals surface area contributed by atoms with Gasteiger partial charge in [-0.15, -0.1) is 0 Å². The first kappa shape index (κ1) is 14.1. The molecule has 1 aliphatic carbocycles. The van der Waals surface area contributed by atoms with Gasteiger partial charge in [0.2, 0.25) is 0 Å². The standard InChI is InChI=1S/C17H23N3O/c1-11-8-9-12(2)16(10-11)19-15-7-5-4-6-14(15)17-18-13(3)20-21-17/h4-7,11-12,16,19H,8-10H2,1-3H3. The highest BCUT2D eigenvalue weighted by Gasteiger charge is 2.26. The van der Waals surface area contributed by atoms with E-state index in [-0.39, 0.29) is 0 Å². The molecule has 1 saturated carbocycles. The lowest BCUT2D eigenvalue weighted by Crippen LogP contribution is -2.33. The van der Waals surface area contributed by atoms with E-state index in [1.54, 1.807) is 0 Å². The summed E-state index contributed by atoms with van der Waals surface area (Å²) in [4.78, 5) is 4.35. The Morgan fingerprint density at radius 3 is 2.76 bits per heavy atom. The highest BCUT2D eigenvalue weighted by Crippen LogP contribution is 2.33. The molecule has 1 fully saturated rings. The smallest absolute Gasteiger partial charge is 0.260 e. The first-order valence-corrected chi connectivity index (χ1v) is 7.79. The van der Waals surface area contributed by atoms with Crippen LogP contribution in [-0.4, -0.2) is 16.2 Å². The molecule has 0 radical (unpaired) electrons. The van der Waals surface area contributed by atoms with Gasteiger partial charge in [-0.1, -0.05) is 37.6 Å². The van der Waals surface area contributed by atoms with Crippen molar-refractivity contribution in [3.05, 3.63) is 30.1 Å². The third kappa shape index (κ3) is 3.09. The van der Waals surface area contributed by atoms with E-state index in [0.29, 0.717) is 23.7 Å². The highest BCUT2D eigenvalue weighted by atomic mass is 16.5. The van der Waals surface area contributed by atoms with Crippen molar-refractivity contribution in [2.24, 2.45) is 11.8 Å². The normalized spacial score (nSPS) is 25.8. The van der Waals surface area contributed by atoms with Gasteiger partial charge in [-0.2, -0.15) is 4.98 Å². The summed E-state index contributed by atoms with van der Waals surface area (Å²) in [6.45, 7) is 6.52. The molecule has 21 heavy (non-hydrogen) atoms. The number of benzene rings is 1. The second-order valence-electron chi connectivity index (χ2n) is 6.34. The summed E-state index contributed by atoms with van der Waals surface area (Å²) in [6, 6.07) is 8.70. The molecular formula is C17H23N3O. The third-order valence-electron chi connectivity index (χ3n) is 4.48. The summed E-state index contributed by atoms with van der Waals surface area (Å²) in [5, 5.41) is 7.60. The zero-order chi connectivity index (χ0) is 14.8. The molecule has 1 aromatic heterocycles. The summed E-state index contributed by atoms with van der Waals surface area (Å²) in [7, 11) is 0. The predicted octanol–water partition coefficient (Wildman–Crippen LogP) is 4.28. The quantitative estimate of drug-likeness (QED) is 0.914. The van der Waals surface area contributed by atoms with Gasteiger partial charge >= 0.3 is 0 Å². The number of nitrogens with one attached hydrogen (secondary N) is 1. The maximum Gasteiger partial charge on any atom is 0.260 e. The molecule has 1 N–H and O–H groups in total. The van der Waals surface area contributed by atoms with Gasteiger partial charge in [0.15, 0.2) is 5.82 Å². The number of aryl methyl sites for hydroxylation is 1. The second kappa shape index (κ2) is 5.88. The molecule has 0 saturated heterocycles. The van der Waals surface area contributed by atoms with E-state index in [1.807, 2.05) is 25.1 Å². The molecule has 2 aromatic rings. The van der Waals surface area contributed by atoms with Crippen LogP contribution in [0.2, 0.25) is 0 Å². The molecule has 4 nitrogen and oxygen atoms in total. The summed E-state index contributed by atoms with van der Waals surface area (Å²) >= 11 is 0. The minimum atomic E-state index is 0.513. The Labute approximate surface area is 126 Å². The van der Waals surface area contributed by atoms with Gasteiger partial charge in [-0.05, 0) is 43.7 Å². The Kier molecular flexibility index (Phi) is 3.95. The Bertz CT molecular complexity index is 608. The van der Waals surface area contributed by atoms with Crippen molar-refractivity contribution < 1.29 is 4.52 Å². The molecule has 1 aliphatic rings. The van der Waals surface area contributed by atoms with Crippen molar-refractivity contribution in [1.29, 1.82) is 0 Å². The molecule has 0 amide bonds. The lowest BCUT2D eigenvalue weighted by Gasteiger charge is -2.34. The summed E-state index contributed by atoms with van der Waals surface area (Å²) in [6.07, 6.45) is 3.85. The Balaban J connectivity index is 1.85. The first-order valence-electron chi connectivity index (χ1n) is 7.79. The molecular weight excluding hydrogens is 262 g/mol. The van der Waals surface area contributed by atoms with Crippen LogP contribution in [0.3, 0.4) is 0 Å². The fourth-order valence-electron chi connectivity index (χ4n) is 3.14. The van der Waals surface area contributed by atoms with Gasteiger partial charge in [-0.3, -0.25) is 0 Å². The predicted molar refractivity (Wildman–Crippen MR) is 84.1 cm³/mol. The average molecular weight is 285 g/mol. The number of hydrogen-bond donors (Lipinski definition) is 1. The Morgan fingerprint density at radius 2 is 2.00 bits per heavy atom. The largest absolute Gasteiger partial charge is 0.381 e. The van der Waals surface area contributed by atoms with Crippen molar-refractivity contribution in [2.75, 3.05) is 5.32 Å². The number of para-hydroxylation sites is 1. The van der Waals surface area contributed by atoms with Crippen LogP contribution < -0.4 is 5.32 Å². The minimum absolute atomic E-state index is 0.513. The van der Waals surface area contributed by atoms with Crippen LogP contribution in [-0.2, 0) is 0 Å². The topological polar surface area (TPSA) is 51.0 Å². The van der Waals surface area contributed by atoms with E-state index < -0.39 is 0 Å². The van der Waals surface area contributed by atoms with E-state index in [4.69, 9.17) is 4.52 Å². The molecule has 1 aromatic carbocycles. The number of rotatable bonds is 3. The lowest BCUT2D eigenvalue weighted by molar-refractivity contribution is 0.281. The molecule has 3 rings (SSSR count). The third-order valence-corrected chi connectivity index (χ3v) is 4.48. The van der Waals surface area contributed by atoms with Gasteiger partial charge in [0.1, 0.15) is 0 Å². The van der Waals surface area contributed by atoms with E-state index in [0.717, 1.165) is 17.2 Å². The van der Waals surface area contributed by atoms with Crippen LogP contribution in [0.15, 0.2) is 28.8 Å². The molecule has 3 atom stereocenters. The SMILES string of the molecule is Cc1noc(-c2ccccc2NC2CC(C)CCC2C)n1. The van der Waals surface area contributed by atoms with E-state index in [2.05, 4.69) is 35.4 Å². The fraction of sp³-hybridized carbons (Fsp3) is 0.529. The Morgan fingerprint density at radius 1 is 1.19 bits per heavy atom. The van der Waals surface area contributed by atoms with Gasteiger partial charge < -0.3 is 9.84 Å². The van der Waals surface area contributed by atoms with Crippen LogP contribution in [0.1, 0.15) is 38.9 Å². The zero-order valence-corrected chi connectivity index (χ0v) is 13.0. The summed E-state index contributed by atoms with van der Waals surface area (Å²) in [5.41, 5.74) is 2.08. The van der Waals surface area contributed by atoms with Crippen molar-refractivity contribution in [3.63, 3.8) is 0 Å². The second-order valence-corrected chi connectivity index (χ2v) is 6.34. The number of hydrogen-bond acceptors (Lipinski definition) is 4. The van der Waals surface area contributed by atoms with Crippen molar-refractivity contribution in [3.8, 4) is 11.5 Å². The maximum atomic E-state index is 5.33. The molecule has 0 aliphatic heterocycles. The van der Waals surface area contributed by atoms with Crippen molar-refractivity contribution in [2.45, 2.75) is 46.1 Å². The monoisotopic (exact) mass is 285 g/mol. The maximum absolute atomic E-state index is 5.33. The molecule has 3 unspecified atom stereocenters. The number of aromatic nitrogens is 2. The first-order chi connectivity index (χ1) is 10.1. The fourth-order valence-corrected chi connectivity index (χ4v) is 3.14. The molecule has 1 heterocycles. The van der Waals surface area contributed by atoms with Crippen LogP contribution in [0, 0.1) is 18.8 Å². The highest BCUT2D eigenvalue weighted by molar-refractivity contribution is 5.72. The van der Waals surface area contributed by atoms with Gasteiger partial charge in [0, 0.05) is 11.7 Å². The van der Waals surface area contributed by atoms with Crippen molar-refractivity contribution >= 4 is 5.69 Å². The zero-order valence-electron chi connectivity index (χ0n) is 13.0. The average Bonchev–Trinajstić information content (AvgIpc) is 2.90. The summed E-state index contributed by atoms with van der Waals surface area (Å²) in [5.74, 6) is 2.74. The van der Waals surface area contributed by atoms with Crippen LogP contribution in [0.25, 0.3) is 11.5 Å². The van der Waals surface area contributed by atoms with E-state index in [9.17, 15) is 0 Å². The van der Waals surface area contributed by atoms with Crippen molar-refractivity contribution in [1.82, 2.24) is 10.1 Å². The van der Waals surface area contributed by atoms with E-state index >= 15 is 0 Å². The van der Waals surface area contributed by atoms with Gasteiger partial charge in [0.25, 0.3) is 5.89 Å². The Hall–Kier alpha value is -1.84. The summed E-state index contributed by atoms with van der Waals surface area (Å²) < 4.78 is 5.33. The van der Waals surface area contributed by atoms with Crippen LogP contribution >= 0.6 is 0 Å². The van der Waals surface area contributed by atoms with Crippen LogP contribution in [0.4, 0.5) is 5.69 Å². The lowest BCUT2D eigenvalue weighted by atomic mass is 9.80. The van der Waals surface area contributed by atoms with Gasteiger partial charge in [0.05, 0.1) is 5.56 Å². The molecule has 4 heteroatoms. The number of anilines is 1.